The first-order valence-electron chi connectivity index (χ1n) is 7.58. The fourth-order valence-corrected chi connectivity index (χ4v) is 3.33. The first-order valence-corrected chi connectivity index (χ1v) is 8.40. The molecule has 0 fully saturated rings. The van der Waals surface area contributed by atoms with E-state index in [0.717, 1.165) is 32.6 Å². The Balaban J connectivity index is 1.60. The summed E-state index contributed by atoms with van der Waals surface area (Å²) in [5, 5.41) is 8.73. The minimum Gasteiger partial charge on any atom is -0.283 e. The second-order valence-electron chi connectivity index (χ2n) is 5.40. The van der Waals surface area contributed by atoms with Gasteiger partial charge in [0.1, 0.15) is 11.8 Å². The van der Waals surface area contributed by atoms with Crippen molar-refractivity contribution in [3.63, 3.8) is 0 Å². The van der Waals surface area contributed by atoms with E-state index >= 15 is 0 Å². The lowest BCUT2D eigenvalue weighted by Crippen LogP contribution is -1.95. The number of imidazole rings is 1. The molecule has 7 nitrogen and oxygen atoms in total. The van der Waals surface area contributed by atoms with E-state index in [4.69, 9.17) is 0 Å². The highest BCUT2D eigenvalue weighted by molar-refractivity contribution is 7.99. The van der Waals surface area contributed by atoms with Crippen molar-refractivity contribution >= 4 is 33.8 Å². The second kappa shape index (κ2) is 5.67. The number of hydrogen-bond acceptors (Lipinski definition) is 6. The molecule has 1 N–H and O–H groups in total. The molecule has 25 heavy (non-hydrogen) atoms. The number of nitrogens with one attached hydrogen (secondary N) is 1. The molecule has 0 unspecified atom stereocenters. The first-order chi connectivity index (χ1) is 12.4. The molecule has 8 heteroatoms. The highest BCUT2D eigenvalue weighted by Crippen LogP contribution is 2.26. The molecule has 120 valence electrons. The van der Waals surface area contributed by atoms with E-state index in [1.54, 1.807) is 31.1 Å². The molecule has 4 heterocycles. The van der Waals surface area contributed by atoms with Crippen LogP contribution in [0, 0.1) is 0 Å². The van der Waals surface area contributed by atoms with Gasteiger partial charge in [0.05, 0.1) is 17.9 Å². The topological polar surface area (TPSA) is 85.2 Å². The maximum Gasteiger partial charge on any atom is 0.194 e. The SMILES string of the molecule is c1cc(Sc2ncc3ncn(-c4ccc5[nH]ncc5c4)c3n2)ccn1. The van der Waals surface area contributed by atoms with Gasteiger partial charge in [0.25, 0.3) is 0 Å². The Morgan fingerprint density at radius 1 is 1.00 bits per heavy atom. The summed E-state index contributed by atoms with van der Waals surface area (Å²) >= 11 is 1.50. The van der Waals surface area contributed by atoms with Gasteiger partial charge in [0.2, 0.25) is 0 Å². The fourth-order valence-electron chi connectivity index (χ4n) is 2.62. The smallest absolute Gasteiger partial charge is 0.194 e. The number of pyridine rings is 1. The highest BCUT2D eigenvalue weighted by Gasteiger charge is 2.10. The van der Waals surface area contributed by atoms with Crippen LogP contribution in [0.15, 0.2) is 71.5 Å². The van der Waals surface area contributed by atoms with Gasteiger partial charge in [-0.15, -0.1) is 0 Å². The summed E-state index contributed by atoms with van der Waals surface area (Å²) in [4.78, 5) is 18.5. The monoisotopic (exact) mass is 345 g/mol. The van der Waals surface area contributed by atoms with E-state index in [1.807, 2.05) is 28.8 Å². The van der Waals surface area contributed by atoms with Gasteiger partial charge < -0.3 is 0 Å². The van der Waals surface area contributed by atoms with Crippen molar-refractivity contribution in [2.24, 2.45) is 0 Å². The van der Waals surface area contributed by atoms with Gasteiger partial charge in [-0.1, -0.05) is 0 Å². The highest BCUT2D eigenvalue weighted by atomic mass is 32.2. The van der Waals surface area contributed by atoms with Crippen LogP contribution in [0.25, 0.3) is 27.8 Å². The third kappa shape index (κ3) is 2.52. The Labute approximate surface area is 146 Å². The molecule has 0 amide bonds. The zero-order valence-corrected chi connectivity index (χ0v) is 13.7. The van der Waals surface area contributed by atoms with Crippen molar-refractivity contribution in [3.8, 4) is 5.69 Å². The molecule has 0 aliphatic heterocycles. The van der Waals surface area contributed by atoms with Gasteiger partial charge >= 0.3 is 0 Å². The number of aromatic amines is 1. The van der Waals surface area contributed by atoms with E-state index < -0.39 is 0 Å². The molecule has 0 atom stereocenters. The lowest BCUT2D eigenvalue weighted by Gasteiger charge is -2.05. The number of nitrogens with zero attached hydrogens (tertiary/aromatic N) is 6. The minimum atomic E-state index is 0.671. The summed E-state index contributed by atoms with van der Waals surface area (Å²) < 4.78 is 1.96. The number of fused-ring (bicyclic) bond motifs is 2. The number of aromatic nitrogens is 7. The predicted molar refractivity (Wildman–Crippen MR) is 94.7 cm³/mol. The van der Waals surface area contributed by atoms with Gasteiger partial charge in [-0.3, -0.25) is 14.6 Å². The summed E-state index contributed by atoms with van der Waals surface area (Å²) in [6, 6.07) is 9.93. The Kier molecular flexibility index (Phi) is 3.20. The predicted octanol–water partition coefficient (Wildman–Crippen LogP) is 3.24. The van der Waals surface area contributed by atoms with Crippen LogP contribution in [-0.4, -0.2) is 34.7 Å². The Morgan fingerprint density at radius 3 is 2.84 bits per heavy atom. The van der Waals surface area contributed by atoms with Crippen LogP contribution in [0.4, 0.5) is 0 Å². The molecule has 0 saturated heterocycles. The standard InChI is InChI=1S/C17H11N7S/c1-2-14-11(8-21-23-14)7-12(1)24-10-20-15-9-19-17(22-16(15)24)25-13-3-5-18-6-4-13/h1-10H,(H,21,23). The normalized spacial score (nSPS) is 11.4. The van der Waals surface area contributed by atoms with Gasteiger partial charge in [-0.05, 0) is 42.1 Å². The van der Waals surface area contributed by atoms with Crippen molar-refractivity contribution in [2.45, 2.75) is 10.1 Å². The second-order valence-corrected chi connectivity index (χ2v) is 6.44. The van der Waals surface area contributed by atoms with Crippen LogP contribution < -0.4 is 0 Å². The quantitative estimate of drug-likeness (QED) is 0.505. The van der Waals surface area contributed by atoms with Crippen LogP contribution in [0.5, 0.6) is 0 Å². The van der Waals surface area contributed by atoms with Crippen LogP contribution in [-0.2, 0) is 0 Å². The number of rotatable bonds is 3. The van der Waals surface area contributed by atoms with Gasteiger partial charge in [-0.2, -0.15) is 5.10 Å². The maximum atomic E-state index is 4.68. The summed E-state index contributed by atoms with van der Waals surface area (Å²) in [5.41, 5.74) is 3.51. The average Bonchev–Trinajstić information content (AvgIpc) is 3.28. The van der Waals surface area contributed by atoms with E-state index in [2.05, 4.69) is 36.2 Å². The Bertz CT molecular complexity index is 1180. The lowest BCUT2D eigenvalue weighted by molar-refractivity contribution is 0.967. The minimum absolute atomic E-state index is 0.671. The summed E-state index contributed by atoms with van der Waals surface area (Å²) in [5.74, 6) is 0. The zero-order chi connectivity index (χ0) is 16.6. The third-order valence-electron chi connectivity index (χ3n) is 3.83. The number of hydrogen-bond donors (Lipinski definition) is 1. The molecular weight excluding hydrogens is 334 g/mol. The third-order valence-corrected chi connectivity index (χ3v) is 4.72. The molecular formula is C17H11N7S. The van der Waals surface area contributed by atoms with Crippen molar-refractivity contribution in [3.05, 3.63) is 61.4 Å². The number of H-pyrrole nitrogens is 1. The molecule has 1 aromatic carbocycles. The van der Waals surface area contributed by atoms with E-state index in [0.29, 0.717) is 5.16 Å². The first kappa shape index (κ1) is 14.1. The fraction of sp³-hybridized carbons (Fsp3) is 0. The lowest BCUT2D eigenvalue weighted by atomic mass is 10.2. The molecule has 0 spiro atoms. The summed E-state index contributed by atoms with van der Waals surface area (Å²) in [6.07, 6.45) is 8.83. The summed E-state index contributed by atoms with van der Waals surface area (Å²) in [7, 11) is 0. The molecule has 5 rings (SSSR count). The van der Waals surface area contributed by atoms with Crippen molar-refractivity contribution in [1.82, 2.24) is 34.7 Å². The Hall–Kier alpha value is -3.26. The van der Waals surface area contributed by atoms with Gasteiger partial charge in [-0.25, -0.2) is 15.0 Å². The van der Waals surface area contributed by atoms with Crippen molar-refractivity contribution in [2.75, 3.05) is 0 Å². The van der Waals surface area contributed by atoms with Gasteiger partial charge in [0, 0.05) is 28.4 Å². The molecule has 0 aliphatic carbocycles. The van der Waals surface area contributed by atoms with Crippen LogP contribution >= 0.6 is 11.8 Å². The largest absolute Gasteiger partial charge is 0.283 e. The Morgan fingerprint density at radius 2 is 1.92 bits per heavy atom. The molecule has 0 radical (unpaired) electrons. The van der Waals surface area contributed by atoms with Crippen LogP contribution in [0.3, 0.4) is 0 Å². The maximum absolute atomic E-state index is 4.68. The number of benzene rings is 1. The van der Waals surface area contributed by atoms with Gasteiger partial charge in [0.15, 0.2) is 10.8 Å². The molecule has 4 aromatic heterocycles. The molecule has 0 bridgehead atoms. The van der Waals surface area contributed by atoms with E-state index in [9.17, 15) is 0 Å². The average molecular weight is 345 g/mol. The van der Waals surface area contributed by atoms with Crippen LogP contribution in [0.2, 0.25) is 0 Å². The molecule has 0 saturated carbocycles. The van der Waals surface area contributed by atoms with Crippen molar-refractivity contribution < 1.29 is 0 Å². The van der Waals surface area contributed by atoms with Crippen LogP contribution in [0.1, 0.15) is 0 Å². The summed E-state index contributed by atoms with van der Waals surface area (Å²) in [6.45, 7) is 0. The van der Waals surface area contributed by atoms with Crippen molar-refractivity contribution in [1.29, 1.82) is 0 Å². The molecule has 0 aliphatic rings. The van der Waals surface area contributed by atoms with E-state index in [-0.39, 0.29) is 0 Å². The molecule has 5 aromatic rings. The zero-order valence-electron chi connectivity index (χ0n) is 12.9. The van der Waals surface area contributed by atoms with E-state index in [1.165, 1.54) is 11.8 Å².